The highest BCUT2D eigenvalue weighted by Gasteiger charge is 2.08. The summed E-state index contributed by atoms with van der Waals surface area (Å²) in [6.07, 6.45) is 4.62. The average Bonchev–Trinajstić information content (AvgIpc) is 2.62. The Balaban J connectivity index is 1.96. The summed E-state index contributed by atoms with van der Waals surface area (Å²) in [5, 5.41) is 23.3. The number of hydrogen-bond donors (Lipinski definition) is 2. The van der Waals surface area contributed by atoms with Crippen molar-refractivity contribution in [1.82, 2.24) is 10.3 Å². The standard InChI is InChI=1S/C17H13N5O/c18-8-13-3-5-16(6-4-13)21-12-15(9-19)17(23)22-11-14-2-1-7-20-10-14/h1-7,10,12,21H,11H2,(H,22,23)/b15-12-. The number of aromatic nitrogens is 1. The molecule has 23 heavy (non-hydrogen) atoms. The van der Waals surface area contributed by atoms with Crippen LogP contribution in [0.15, 0.2) is 60.6 Å². The molecule has 0 fully saturated rings. The lowest BCUT2D eigenvalue weighted by molar-refractivity contribution is -0.117. The van der Waals surface area contributed by atoms with E-state index < -0.39 is 5.91 Å². The summed E-state index contributed by atoms with van der Waals surface area (Å²) in [5.41, 5.74) is 2.02. The van der Waals surface area contributed by atoms with E-state index in [2.05, 4.69) is 15.6 Å². The molecule has 6 heteroatoms. The Labute approximate surface area is 133 Å². The van der Waals surface area contributed by atoms with Crippen LogP contribution in [0.4, 0.5) is 5.69 Å². The lowest BCUT2D eigenvalue weighted by atomic mass is 10.2. The molecule has 2 N–H and O–H groups in total. The second-order valence-corrected chi connectivity index (χ2v) is 4.55. The zero-order chi connectivity index (χ0) is 16.5. The third-order valence-electron chi connectivity index (χ3n) is 2.94. The number of pyridine rings is 1. The quantitative estimate of drug-likeness (QED) is 0.650. The molecule has 0 atom stereocenters. The topological polar surface area (TPSA) is 102 Å². The van der Waals surface area contributed by atoms with Crippen LogP contribution in [0.1, 0.15) is 11.1 Å². The Morgan fingerprint density at radius 2 is 2.00 bits per heavy atom. The molecular formula is C17H13N5O. The first-order chi connectivity index (χ1) is 11.2. The smallest absolute Gasteiger partial charge is 0.263 e. The lowest BCUT2D eigenvalue weighted by Crippen LogP contribution is -2.24. The number of nitrogens with zero attached hydrogens (tertiary/aromatic N) is 3. The zero-order valence-corrected chi connectivity index (χ0v) is 12.2. The van der Waals surface area contributed by atoms with Crippen LogP contribution >= 0.6 is 0 Å². The first kappa shape index (κ1) is 15.7. The fourth-order valence-corrected chi connectivity index (χ4v) is 1.73. The molecule has 0 radical (unpaired) electrons. The summed E-state index contributed by atoms with van der Waals surface area (Å²) in [4.78, 5) is 15.9. The molecule has 0 saturated heterocycles. The molecule has 0 aliphatic carbocycles. The van der Waals surface area contributed by atoms with Crippen LogP contribution in [0.5, 0.6) is 0 Å². The van der Waals surface area contributed by atoms with E-state index in [0.717, 1.165) is 5.56 Å². The highest BCUT2D eigenvalue weighted by Crippen LogP contribution is 2.09. The van der Waals surface area contributed by atoms with Crippen LogP contribution in [0.2, 0.25) is 0 Å². The minimum atomic E-state index is -0.475. The summed E-state index contributed by atoms with van der Waals surface area (Å²) in [6.45, 7) is 0.294. The van der Waals surface area contributed by atoms with Crippen LogP contribution in [-0.2, 0) is 11.3 Å². The lowest BCUT2D eigenvalue weighted by Gasteiger charge is -2.05. The van der Waals surface area contributed by atoms with E-state index in [1.165, 1.54) is 6.20 Å². The van der Waals surface area contributed by atoms with Gasteiger partial charge in [-0.2, -0.15) is 10.5 Å². The van der Waals surface area contributed by atoms with Crippen molar-refractivity contribution in [3.63, 3.8) is 0 Å². The van der Waals surface area contributed by atoms with Gasteiger partial charge in [-0.1, -0.05) is 6.07 Å². The molecular weight excluding hydrogens is 290 g/mol. The summed E-state index contributed by atoms with van der Waals surface area (Å²) < 4.78 is 0. The molecule has 112 valence electrons. The molecule has 0 bridgehead atoms. The first-order valence-electron chi connectivity index (χ1n) is 6.77. The fraction of sp³-hybridized carbons (Fsp3) is 0.0588. The van der Waals surface area contributed by atoms with Gasteiger partial charge in [0.1, 0.15) is 11.6 Å². The van der Waals surface area contributed by atoms with E-state index in [1.54, 1.807) is 42.7 Å². The number of hydrogen-bond acceptors (Lipinski definition) is 5. The van der Waals surface area contributed by atoms with E-state index >= 15 is 0 Å². The van der Waals surface area contributed by atoms with Crippen molar-refractivity contribution in [2.45, 2.75) is 6.54 Å². The molecule has 0 unspecified atom stereocenters. The van der Waals surface area contributed by atoms with Crippen LogP contribution in [0.25, 0.3) is 0 Å². The number of nitrogens with one attached hydrogen (secondary N) is 2. The Morgan fingerprint density at radius 1 is 1.22 bits per heavy atom. The predicted molar refractivity (Wildman–Crippen MR) is 84.6 cm³/mol. The highest BCUT2D eigenvalue weighted by molar-refractivity contribution is 5.97. The van der Waals surface area contributed by atoms with Crippen LogP contribution in [0, 0.1) is 22.7 Å². The molecule has 1 amide bonds. The van der Waals surface area contributed by atoms with Gasteiger partial charge >= 0.3 is 0 Å². The van der Waals surface area contributed by atoms with Crippen molar-refractivity contribution in [2.75, 3.05) is 5.32 Å². The van der Waals surface area contributed by atoms with Gasteiger partial charge in [0.15, 0.2) is 0 Å². The number of carbonyl (C=O) groups is 1. The van der Waals surface area contributed by atoms with Gasteiger partial charge in [-0.15, -0.1) is 0 Å². The second-order valence-electron chi connectivity index (χ2n) is 4.55. The van der Waals surface area contributed by atoms with Gasteiger partial charge in [0.25, 0.3) is 5.91 Å². The van der Waals surface area contributed by atoms with Gasteiger partial charge in [-0.3, -0.25) is 9.78 Å². The molecule has 0 aliphatic rings. The van der Waals surface area contributed by atoms with Gasteiger partial charge in [-0.05, 0) is 35.9 Å². The van der Waals surface area contributed by atoms with Gasteiger partial charge in [0.2, 0.25) is 0 Å². The first-order valence-corrected chi connectivity index (χ1v) is 6.77. The average molecular weight is 303 g/mol. The molecule has 0 saturated carbocycles. The Morgan fingerprint density at radius 3 is 2.61 bits per heavy atom. The van der Waals surface area contributed by atoms with Crippen LogP contribution < -0.4 is 10.6 Å². The van der Waals surface area contributed by atoms with Crippen molar-refractivity contribution in [2.24, 2.45) is 0 Å². The van der Waals surface area contributed by atoms with Gasteiger partial charge in [0, 0.05) is 30.8 Å². The molecule has 6 nitrogen and oxygen atoms in total. The summed E-state index contributed by atoms with van der Waals surface area (Å²) in [7, 11) is 0. The number of rotatable bonds is 5. The normalized spacial score (nSPS) is 10.3. The Hall–Kier alpha value is -3.64. The molecule has 0 aliphatic heterocycles. The van der Waals surface area contributed by atoms with Crippen molar-refractivity contribution < 1.29 is 4.79 Å². The molecule has 2 rings (SSSR count). The van der Waals surface area contributed by atoms with Gasteiger partial charge in [-0.25, -0.2) is 0 Å². The summed E-state index contributed by atoms with van der Waals surface area (Å²) in [6, 6.07) is 14.1. The number of carbonyl (C=O) groups excluding carboxylic acids is 1. The minimum absolute atomic E-state index is 0.0433. The van der Waals surface area contributed by atoms with E-state index in [0.29, 0.717) is 17.8 Å². The van der Waals surface area contributed by atoms with Crippen molar-refractivity contribution in [1.29, 1.82) is 10.5 Å². The SMILES string of the molecule is N#C/C(=C/Nc1ccc(C#N)cc1)C(=O)NCc1cccnc1. The minimum Gasteiger partial charge on any atom is -0.360 e. The second kappa shape index (κ2) is 7.96. The zero-order valence-electron chi connectivity index (χ0n) is 12.2. The maximum Gasteiger partial charge on any atom is 0.263 e. The van der Waals surface area contributed by atoms with Crippen LogP contribution in [-0.4, -0.2) is 10.9 Å². The Bertz CT molecular complexity index is 782. The largest absolute Gasteiger partial charge is 0.360 e. The van der Waals surface area contributed by atoms with Gasteiger partial charge in [0.05, 0.1) is 11.6 Å². The molecule has 1 aromatic carbocycles. The molecule has 2 aromatic rings. The number of nitriles is 2. The molecule has 0 spiro atoms. The summed E-state index contributed by atoms with van der Waals surface area (Å²) in [5.74, 6) is -0.475. The third kappa shape index (κ3) is 4.69. The van der Waals surface area contributed by atoms with E-state index in [9.17, 15) is 4.79 Å². The van der Waals surface area contributed by atoms with Crippen molar-refractivity contribution in [3.05, 3.63) is 71.7 Å². The Kier molecular flexibility index (Phi) is 5.45. The third-order valence-corrected chi connectivity index (χ3v) is 2.94. The molecule has 1 aromatic heterocycles. The van der Waals surface area contributed by atoms with Gasteiger partial charge < -0.3 is 10.6 Å². The predicted octanol–water partition coefficient (Wildman–Crippen LogP) is 2.09. The highest BCUT2D eigenvalue weighted by atomic mass is 16.1. The van der Waals surface area contributed by atoms with E-state index in [4.69, 9.17) is 10.5 Å². The van der Waals surface area contributed by atoms with Crippen molar-refractivity contribution in [3.8, 4) is 12.1 Å². The summed E-state index contributed by atoms with van der Waals surface area (Å²) >= 11 is 0. The number of benzene rings is 1. The van der Waals surface area contributed by atoms with Crippen molar-refractivity contribution >= 4 is 11.6 Å². The monoisotopic (exact) mass is 303 g/mol. The van der Waals surface area contributed by atoms with E-state index in [-0.39, 0.29) is 5.57 Å². The maximum absolute atomic E-state index is 12.0. The fourth-order valence-electron chi connectivity index (χ4n) is 1.73. The number of amides is 1. The van der Waals surface area contributed by atoms with Crippen LogP contribution in [0.3, 0.4) is 0 Å². The number of anilines is 1. The maximum atomic E-state index is 12.0. The molecule has 1 heterocycles. The van der Waals surface area contributed by atoms with E-state index in [1.807, 2.05) is 18.2 Å².